The molecule has 0 spiro atoms. The molecule has 0 radical (unpaired) electrons. The van der Waals surface area contributed by atoms with E-state index in [4.69, 9.17) is 5.73 Å². The van der Waals surface area contributed by atoms with Crippen LogP contribution in [0.25, 0.3) is 0 Å². The number of halogens is 1. The van der Waals surface area contributed by atoms with Crippen molar-refractivity contribution in [2.24, 2.45) is 11.7 Å². The Kier molecular flexibility index (Phi) is 4.15. The van der Waals surface area contributed by atoms with Gasteiger partial charge in [-0.05, 0) is 48.5 Å². The molecule has 1 saturated heterocycles. The van der Waals surface area contributed by atoms with Gasteiger partial charge in [-0.3, -0.25) is 9.69 Å². The standard InChI is InChI=1S/C10H14IN3OS/c11-8-5-13-9(16-8)6-14-3-1-7(2-4-14)10(12)15/h5,7H,1-4,6H2,(H2,12,15). The molecule has 0 unspecified atom stereocenters. The zero-order valence-electron chi connectivity index (χ0n) is 8.86. The van der Waals surface area contributed by atoms with Crippen LogP contribution in [0.1, 0.15) is 17.8 Å². The van der Waals surface area contributed by atoms with Crippen LogP contribution in [0.2, 0.25) is 0 Å². The number of carbonyl (C=O) groups is 1. The Morgan fingerprint density at radius 1 is 1.62 bits per heavy atom. The lowest BCUT2D eigenvalue weighted by atomic mass is 9.96. The minimum absolute atomic E-state index is 0.0766. The summed E-state index contributed by atoms with van der Waals surface area (Å²) in [5.74, 6) is -0.0730. The molecule has 88 valence electrons. The number of piperidine rings is 1. The van der Waals surface area contributed by atoms with E-state index >= 15 is 0 Å². The highest BCUT2D eigenvalue weighted by atomic mass is 127. The summed E-state index contributed by atoms with van der Waals surface area (Å²) < 4.78 is 1.22. The molecule has 0 aromatic carbocycles. The summed E-state index contributed by atoms with van der Waals surface area (Å²) in [6, 6.07) is 0. The molecule has 0 saturated carbocycles. The van der Waals surface area contributed by atoms with Crippen LogP contribution in [0, 0.1) is 8.80 Å². The van der Waals surface area contributed by atoms with Gasteiger partial charge < -0.3 is 5.73 Å². The molecule has 1 fully saturated rings. The molecule has 1 amide bonds. The number of amides is 1. The molecule has 2 N–H and O–H groups in total. The van der Waals surface area contributed by atoms with Crippen LogP contribution in [0.4, 0.5) is 0 Å². The number of thiazole rings is 1. The maximum atomic E-state index is 11.0. The third-order valence-corrected chi connectivity index (χ3v) is 4.58. The topological polar surface area (TPSA) is 59.2 Å². The second-order valence-corrected chi connectivity index (χ2v) is 7.02. The fraction of sp³-hybridized carbons (Fsp3) is 0.600. The number of aromatic nitrogens is 1. The van der Waals surface area contributed by atoms with Gasteiger partial charge in [0.15, 0.2) is 0 Å². The van der Waals surface area contributed by atoms with Crippen molar-refractivity contribution in [3.63, 3.8) is 0 Å². The smallest absolute Gasteiger partial charge is 0.220 e. The monoisotopic (exact) mass is 351 g/mol. The molecule has 4 nitrogen and oxygen atoms in total. The summed E-state index contributed by atoms with van der Waals surface area (Å²) >= 11 is 4.01. The van der Waals surface area contributed by atoms with E-state index < -0.39 is 0 Å². The Bertz CT molecular complexity index is 374. The Morgan fingerprint density at radius 2 is 2.31 bits per heavy atom. The van der Waals surface area contributed by atoms with Gasteiger partial charge in [0.2, 0.25) is 5.91 Å². The molecule has 6 heteroatoms. The van der Waals surface area contributed by atoms with Gasteiger partial charge in [0.25, 0.3) is 0 Å². The van der Waals surface area contributed by atoms with Crippen LogP contribution in [-0.4, -0.2) is 28.9 Å². The van der Waals surface area contributed by atoms with Crippen molar-refractivity contribution in [2.75, 3.05) is 13.1 Å². The summed E-state index contributed by atoms with van der Waals surface area (Å²) in [6.45, 7) is 2.80. The second-order valence-electron chi connectivity index (χ2n) is 4.01. The van der Waals surface area contributed by atoms with Gasteiger partial charge in [-0.2, -0.15) is 0 Å². The quantitative estimate of drug-likeness (QED) is 0.839. The van der Waals surface area contributed by atoms with E-state index in [1.807, 2.05) is 6.20 Å². The first-order valence-electron chi connectivity index (χ1n) is 5.27. The van der Waals surface area contributed by atoms with Crippen molar-refractivity contribution < 1.29 is 4.79 Å². The van der Waals surface area contributed by atoms with Crippen molar-refractivity contribution in [2.45, 2.75) is 19.4 Å². The lowest BCUT2D eigenvalue weighted by Gasteiger charge is -2.29. The van der Waals surface area contributed by atoms with Crippen molar-refractivity contribution in [1.29, 1.82) is 0 Å². The predicted octanol–water partition coefficient (Wildman–Crippen LogP) is 1.44. The zero-order valence-corrected chi connectivity index (χ0v) is 11.8. The number of nitrogens with zero attached hydrogens (tertiary/aromatic N) is 2. The van der Waals surface area contributed by atoms with Crippen LogP contribution in [-0.2, 0) is 11.3 Å². The van der Waals surface area contributed by atoms with Gasteiger partial charge >= 0.3 is 0 Å². The second kappa shape index (κ2) is 5.42. The van der Waals surface area contributed by atoms with E-state index in [1.54, 1.807) is 11.3 Å². The van der Waals surface area contributed by atoms with Crippen LogP contribution in [0.5, 0.6) is 0 Å². The van der Waals surface area contributed by atoms with Crippen LogP contribution in [0.15, 0.2) is 6.20 Å². The first-order valence-corrected chi connectivity index (χ1v) is 7.16. The average Bonchev–Trinajstić information content (AvgIpc) is 2.65. The first-order chi connectivity index (χ1) is 7.65. The number of nitrogens with two attached hydrogens (primary N) is 1. The van der Waals surface area contributed by atoms with Crippen molar-refractivity contribution in [3.05, 3.63) is 14.1 Å². The number of likely N-dealkylation sites (tertiary alicyclic amines) is 1. The van der Waals surface area contributed by atoms with E-state index in [-0.39, 0.29) is 11.8 Å². The minimum atomic E-state index is -0.150. The first kappa shape index (κ1) is 12.3. The highest BCUT2D eigenvalue weighted by molar-refractivity contribution is 14.1. The number of carbonyl (C=O) groups excluding carboxylic acids is 1. The summed E-state index contributed by atoms with van der Waals surface area (Å²) in [7, 11) is 0. The molecule has 2 rings (SSSR count). The molecule has 2 heterocycles. The molecule has 1 aliphatic rings. The highest BCUT2D eigenvalue weighted by Gasteiger charge is 2.23. The largest absolute Gasteiger partial charge is 0.369 e. The third kappa shape index (κ3) is 3.14. The number of rotatable bonds is 3. The van der Waals surface area contributed by atoms with E-state index in [9.17, 15) is 4.79 Å². The van der Waals surface area contributed by atoms with Gasteiger partial charge in [0.05, 0.1) is 15.6 Å². The van der Waals surface area contributed by atoms with E-state index in [1.165, 1.54) is 2.88 Å². The third-order valence-electron chi connectivity index (χ3n) is 2.87. The van der Waals surface area contributed by atoms with Crippen molar-refractivity contribution in [1.82, 2.24) is 9.88 Å². The van der Waals surface area contributed by atoms with Gasteiger partial charge in [-0.15, -0.1) is 11.3 Å². The van der Waals surface area contributed by atoms with Crippen LogP contribution in [0.3, 0.4) is 0 Å². The predicted molar refractivity (Wildman–Crippen MR) is 72.0 cm³/mol. The summed E-state index contributed by atoms with van der Waals surface area (Å²) in [5, 5.41) is 1.15. The van der Waals surface area contributed by atoms with Crippen molar-refractivity contribution in [3.8, 4) is 0 Å². The molecule has 0 atom stereocenters. The van der Waals surface area contributed by atoms with Gasteiger partial charge in [-0.1, -0.05) is 0 Å². The van der Waals surface area contributed by atoms with Gasteiger partial charge in [0.1, 0.15) is 5.01 Å². The van der Waals surface area contributed by atoms with Crippen molar-refractivity contribution >= 4 is 39.8 Å². The maximum absolute atomic E-state index is 11.0. The number of hydrogen-bond acceptors (Lipinski definition) is 4. The fourth-order valence-corrected chi connectivity index (χ4v) is 3.51. The summed E-state index contributed by atoms with van der Waals surface area (Å²) in [4.78, 5) is 17.7. The maximum Gasteiger partial charge on any atom is 0.220 e. The van der Waals surface area contributed by atoms with E-state index in [0.29, 0.717) is 0 Å². The molecule has 1 aromatic heterocycles. The highest BCUT2D eigenvalue weighted by Crippen LogP contribution is 2.21. The number of primary amides is 1. The van der Waals surface area contributed by atoms with E-state index in [0.717, 1.165) is 37.5 Å². The Morgan fingerprint density at radius 3 is 2.81 bits per heavy atom. The molecular formula is C10H14IN3OS. The molecule has 1 aliphatic heterocycles. The van der Waals surface area contributed by atoms with Crippen LogP contribution < -0.4 is 5.73 Å². The zero-order chi connectivity index (χ0) is 11.5. The van der Waals surface area contributed by atoms with Gasteiger partial charge in [0, 0.05) is 5.92 Å². The Hall–Kier alpha value is -0.210. The number of hydrogen-bond donors (Lipinski definition) is 1. The van der Waals surface area contributed by atoms with Crippen LogP contribution >= 0.6 is 33.9 Å². The molecule has 0 bridgehead atoms. The minimum Gasteiger partial charge on any atom is -0.369 e. The molecule has 0 aliphatic carbocycles. The molecular weight excluding hydrogens is 337 g/mol. The summed E-state index contributed by atoms with van der Waals surface area (Å²) in [6.07, 6.45) is 3.67. The lowest BCUT2D eigenvalue weighted by molar-refractivity contribution is -0.123. The Labute approximate surface area is 112 Å². The van der Waals surface area contributed by atoms with Gasteiger partial charge in [-0.25, -0.2) is 4.98 Å². The summed E-state index contributed by atoms with van der Waals surface area (Å²) in [5.41, 5.74) is 5.30. The molecule has 1 aromatic rings. The average molecular weight is 351 g/mol. The molecule has 16 heavy (non-hydrogen) atoms. The Balaban J connectivity index is 1.83. The SMILES string of the molecule is NC(=O)C1CCN(Cc2ncc(I)s2)CC1. The van der Waals surface area contributed by atoms with E-state index in [2.05, 4.69) is 32.5 Å². The lowest BCUT2D eigenvalue weighted by Crippen LogP contribution is -2.38. The fourth-order valence-electron chi connectivity index (χ4n) is 1.93. The normalized spacial score (nSPS) is 18.8.